The van der Waals surface area contributed by atoms with Crippen LogP contribution in [0.3, 0.4) is 0 Å². The van der Waals surface area contributed by atoms with E-state index in [0.29, 0.717) is 5.56 Å². The third kappa shape index (κ3) is 4.22. The lowest BCUT2D eigenvalue weighted by Crippen LogP contribution is -2.28. The fraction of sp³-hybridized carbons (Fsp3) is 0.222. The third-order valence-corrected chi connectivity index (χ3v) is 6.51. The Morgan fingerprint density at radius 1 is 0.794 bits per heavy atom. The van der Waals surface area contributed by atoms with Crippen molar-refractivity contribution in [2.24, 2.45) is 0 Å². The first-order valence-electron chi connectivity index (χ1n) is 8.93. The molecule has 1 aliphatic rings. The van der Waals surface area contributed by atoms with E-state index in [1.54, 1.807) is 0 Å². The summed E-state index contributed by atoms with van der Waals surface area (Å²) in [6.07, 6.45) is 0.101. The van der Waals surface area contributed by atoms with Crippen molar-refractivity contribution in [1.82, 2.24) is 0 Å². The zero-order chi connectivity index (χ0) is 25.1. The summed E-state index contributed by atoms with van der Waals surface area (Å²) >= 11 is 0. The summed E-state index contributed by atoms with van der Waals surface area (Å²) < 4.78 is 140. The summed E-state index contributed by atoms with van der Waals surface area (Å²) in [5.74, 6) is -1.25. The molecule has 34 heavy (non-hydrogen) atoms. The number of benzene rings is 2. The fourth-order valence-electron chi connectivity index (χ4n) is 3.12. The van der Waals surface area contributed by atoms with Crippen LogP contribution in [0.15, 0.2) is 40.8 Å². The summed E-state index contributed by atoms with van der Waals surface area (Å²) in [6.45, 7) is -0.0873. The Hall–Kier alpha value is -3.14. The van der Waals surface area contributed by atoms with Gasteiger partial charge < -0.3 is 17.5 Å². The summed E-state index contributed by atoms with van der Waals surface area (Å²) in [7, 11) is -11.8. The van der Waals surface area contributed by atoms with Crippen LogP contribution in [-0.2, 0) is 26.7 Å². The number of hydrogen-bond acceptors (Lipinski definition) is 8. The molecule has 0 saturated carbocycles. The molecule has 0 amide bonds. The van der Waals surface area contributed by atoms with Gasteiger partial charge in [0.05, 0.1) is 12.2 Å². The van der Waals surface area contributed by atoms with Crippen LogP contribution in [0.2, 0.25) is 0 Å². The first-order valence-corrected chi connectivity index (χ1v) is 11.7. The molecular formula is C18H10F6O8S2. The van der Waals surface area contributed by atoms with E-state index in [9.17, 15) is 43.2 Å². The molecular weight excluding hydrogens is 522 g/mol. The molecule has 0 atom stereocenters. The van der Waals surface area contributed by atoms with Gasteiger partial charge >= 0.3 is 31.3 Å². The lowest BCUT2D eigenvalue weighted by molar-refractivity contribution is -0.0504. The maximum atomic E-state index is 12.6. The summed E-state index contributed by atoms with van der Waals surface area (Å²) in [5.41, 5.74) is -10.6. The fourth-order valence-corrected chi connectivity index (χ4v) is 4.02. The van der Waals surface area contributed by atoms with Crippen LogP contribution in [0.1, 0.15) is 5.56 Å². The lowest BCUT2D eigenvalue weighted by Gasteiger charge is -2.12. The highest BCUT2D eigenvalue weighted by atomic mass is 32.2. The van der Waals surface area contributed by atoms with Gasteiger partial charge in [-0.1, -0.05) is 0 Å². The molecule has 3 aromatic rings. The molecule has 0 radical (unpaired) electrons. The molecule has 0 saturated heterocycles. The first-order chi connectivity index (χ1) is 15.6. The average molecular weight is 532 g/mol. The standard InChI is InChI=1S/C18H10F6O8S2/c19-17(20,21)33(25,26)31-9-2-4-14-13(7-9)11-5-6-29-15-8-10(1-3-12(15)16(11)30-14)32-34(27,28)18(22,23)24/h1-4,7-8H,5-6H2. The van der Waals surface area contributed by atoms with Gasteiger partial charge in [0.2, 0.25) is 0 Å². The van der Waals surface area contributed by atoms with E-state index in [2.05, 4.69) is 8.37 Å². The van der Waals surface area contributed by atoms with Gasteiger partial charge in [-0.05, 0) is 30.3 Å². The van der Waals surface area contributed by atoms with Gasteiger partial charge in [-0.3, -0.25) is 0 Å². The van der Waals surface area contributed by atoms with Gasteiger partial charge in [0.1, 0.15) is 28.6 Å². The van der Waals surface area contributed by atoms with Crippen LogP contribution in [0.4, 0.5) is 26.3 Å². The summed E-state index contributed by atoms with van der Waals surface area (Å²) in [5, 5.41) is 0.210. The molecule has 2 aromatic carbocycles. The monoisotopic (exact) mass is 532 g/mol. The highest BCUT2D eigenvalue weighted by molar-refractivity contribution is 7.88. The Labute approximate surface area is 186 Å². The van der Waals surface area contributed by atoms with E-state index in [1.807, 2.05) is 0 Å². The Kier molecular flexibility index (Phi) is 5.43. The minimum atomic E-state index is -5.92. The molecule has 0 bridgehead atoms. The van der Waals surface area contributed by atoms with E-state index in [1.165, 1.54) is 12.1 Å². The number of ether oxygens (including phenoxy) is 1. The Morgan fingerprint density at radius 3 is 1.94 bits per heavy atom. The average Bonchev–Trinajstić information content (AvgIpc) is 2.93. The van der Waals surface area contributed by atoms with Gasteiger partial charge in [-0.25, -0.2) is 0 Å². The molecule has 8 nitrogen and oxygen atoms in total. The second-order valence-corrected chi connectivity index (χ2v) is 9.87. The molecule has 0 spiro atoms. The van der Waals surface area contributed by atoms with Crippen molar-refractivity contribution < 1.29 is 60.7 Å². The van der Waals surface area contributed by atoms with Crippen LogP contribution in [0, 0.1) is 0 Å². The second-order valence-electron chi connectivity index (χ2n) is 6.79. The molecule has 184 valence electrons. The topological polar surface area (TPSA) is 109 Å². The number of rotatable bonds is 4. The molecule has 0 unspecified atom stereocenters. The minimum absolute atomic E-state index is 0.0798. The van der Waals surface area contributed by atoms with Gasteiger partial charge in [-0.2, -0.15) is 43.2 Å². The Bertz CT molecular complexity index is 1490. The predicted octanol–water partition coefficient (Wildman–Crippen LogP) is 4.49. The number of alkyl halides is 6. The van der Waals surface area contributed by atoms with E-state index in [0.717, 1.165) is 24.3 Å². The van der Waals surface area contributed by atoms with Crippen molar-refractivity contribution in [3.63, 3.8) is 0 Å². The number of fused-ring (bicyclic) bond motifs is 5. The molecule has 1 aliphatic heterocycles. The zero-order valence-corrected chi connectivity index (χ0v) is 17.9. The van der Waals surface area contributed by atoms with Gasteiger partial charge in [0, 0.05) is 23.4 Å². The van der Waals surface area contributed by atoms with Crippen molar-refractivity contribution in [2.45, 2.75) is 17.4 Å². The maximum absolute atomic E-state index is 12.6. The van der Waals surface area contributed by atoms with Crippen LogP contribution in [-0.4, -0.2) is 34.5 Å². The summed E-state index contributed by atoms with van der Waals surface area (Å²) in [4.78, 5) is 0. The molecule has 4 rings (SSSR count). The lowest BCUT2D eigenvalue weighted by atomic mass is 10.0. The molecule has 16 heteroatoms. The molecule has 0 aliphatic carbocycles. The first kappa shape index (κ1) is 24.0. The largest absolute Gasteiger partial charge is 0.534 e. The van der Waals surface area contributed by atoms with Crippen molar-refractivity contribution in [3.8, 4) is 28.6 Å². The normalized spacial score (nSPS) is 14.6. The van der Waals surface area contributed by atoms with Gasteiger partial charge in [0.25, 0.3) is 0 Å². The highest BCUT2D eigenvalue weighted by Crippen LogP contribution is 2.43. The number of hydrogen-bond donors (Lipinski definition) is 0. The second kappa shape index (κ2) is 7.69. The SMILES string of the molecule is O=S(=O)(Oc1ccc2c(c1)OCCc1c-2oc2ccc(OS(=O)(=O)C(F)(F)F)cc12)C(F)(F)F. The Balaban J connectivity index is 1.74. The Morgan fingerprint density at radius 2 is 1.35 bits per heavy atom. The van der Waals surface area contributed by atoms with E-state index >= 15 is 0 Å². The van der Waals surface area contributed by atoms with Crippen molar-refractivity contribution in [3.05, 3.63) is 42.0 Å². The van der Waals surface area contributed by atoms with Gasteiger partial charge in [0.15, 0.2) is 0 Å². The molecule has 0 N–H and O–H groups in total. The third-order valence-electron chi connectivity index (χ3n) is 4.55. The van der Waals surface area contributed by atoms with Crippen LogP contribution in [0.5, 0.6) is 17.2 Å². The van der Waals surface area contributed by atoms with E-state index < -0.39 is 42.8 Å². The molecule has 1 aromatic heterocycles. The van der Waals surface area contributed by atoms with E-state index in [4.69, 9.17) is 9.15 Å². The minimum Gasteiger partial charge on any atom is -0.492 e. The maximum Gasteiger partial charge on any atom is 0.534 e. The molecule has 0 fully saturated rings. The smallest absolute Gasteiger partial charge is 0.492 e. The molecule has 2 heterocycles. The summed E-state index contributed by atoms with van der Waals surface area (Å²) in [6, 6.07) is 6.17. The van der Waals surface area contributed by atoms with Crippen LogP contribution in [0.25, 0.3) is 22.3 Å². The number of furan rings is 1. The van der Waals surface area contributed by atoms with Crippen LogP contribution >= 0.6 is 0 Å². The van der Waals surface area contributed by atoms with Crippen molar-refractivity contribution in [2.75, 3.05) is 6.61 Å². The highest BCUT2D eigenvalue weighted by Gasteiger charge is 2.49. The number of halogens is 6. The quantitative estimate of drug-likeness (QED) is 0.275. The van der Waals surface area contributed by atoms with Crippen LogP contribution < -0.4 is 13.1 Å². The van der Waals surface area contributed by atoms with Gasteiger partial charge in [-0.15, -0.1) is 0 Å². The predicted molar refractivity (Wildman–Crippen MR) is 102 cm³/mol. The zero-order valence-electron chi connectivity index (χ0n) is 16.2. The van der Waals surface area contributed by atoms with Crippen molar-refractivity contribution >= 4 is 31.2 Å². The van der Waals surface area contributed by atoms with Crippen molar-refractivity contribution in [1.29, 1.82) is 0 Å². The van der Waals surface area contributed by atoms with E-state index in [-0.39, 0.29) is 41.1 Å².